The van der Waals surface area contributed by atoms with Crippen LogP contribution < -0.4 is 5.01 Å². The number of hydrogen-bond donors (Lipinski definition) is 1. The number of aryl methyl sites for hydroxylation is 2. The van der Waals surface area contributed by atoms with Crippen molar-refractivity contribution in [3.63, 3.8) is 0 Å². The number of rotatable bonds is 1. The Morgan fingerprint density at radius 3 is 2.43 bits per heavy atom. The zero-order valence-electron chi connectivity index (χ0n) is 13.3. The number of nitrogens with zero attached hydrogens (tertiary/aromatic N) is 4. The van der Waals surface area contributed by atoms with Crippen LogP contribution in [0.3, 0.4) is 0 Å². The molecule has 0 aromatic carbocycles. The summed E-state index contributed by atoms with van der Waals surface area (Å²) in [5.41, 5.74) is 2.21. The second-order valence-electron chi connectivity index (χ2n) is 7.52. The minimum atomic E-state index is -0.935. The highest BCUT2D eigenvalue weighted by atomic mass is 16.3. The molecule has 1 N–H and O–H groups in total. The molecule has 0 radical (unpaired) electrons. The van der Waals surface area contributed by atoms with Gasteiger partial charge in [-0.3, -0.25) is 0 Å². The average molecular weight is 286 g/mol. The molecule has 2 aliphatic carbocycles. The number of aromatic nitrogens is 2. The minimum Gasteiger partial charge on any atom is -0.368 e. The van der Waals surface area contributed by atoms with Crippen LogP contribution in [0.1, 0.15) is 38.6 Å². The molecule has 0 amide bonds. The smallest absolute Gasteiger partial charge is 0.249 e. The van der Waals surface area contributed by atoms with Crippen molar-refractivity contribution in [1.29, 1.82) is 0 Å². The van der Waals surface area contributed by atoms with E-state index in [2.05, 4.69) is 28.9 Å². The van der Waals surface area contributed by atoms with Gasteiger partial charge < -0.3 is 5.11 Å². The molecule has 4 atom stereocenters. The van der Waals surface area contributed by atoms with Crippen LogP contribution in [0.15, 0.2) is 11.2 Å². The van der Waals surface area contributed by atoms with Crippen LogP contribution in [-0.2, 0) is 0 Å². The van der Waals surface area contributed by atoms with E-state index in [0.717, 1.165) is 23.5 Å². The van der Waals surface area contributed by atoms with E-state index in [0.29, 0.717) is 23.2 Å². The Morgan fingerprint density at radius 2 is 1.81 bits per heavy atom. The fourth-order valence-corrected chi connectivity index (χ4v) is 4.72. The van der Waals surface area contributed by atoms with E-state index in [4.69, 9.17) is 0 Å². The van der Waals surface area contributed by atoms with Crippen LogP contribution in [0.2, 0.25) is 0 Å². The van der Waals surface area contributed by atoms with E-state index in [1.165, 1.54) is 0 Å². The molecule has 5 heteroatoms. The lowest BCUT2D eigenvalue weighted by Gasteiger charge is -2.35. The van der Waals surface area contributed by atoms with Crippen LogP contribution in [0.25, 0.3) is 0 Å². The first-order valence-electron chi connectivity index (χ1n) is 7.65. The van der Waals surface area contributed by atoms with Crippen molar-refractivity contribution >= 4 is 11.7 Å². The van der Waals surface area contributed by atoms with Crippen molar-refractivity contribution in [3.8, 4) is 0 Å². The summed E-state index contributed by atoms with van der Waals surface area (Å²) in [5, 5.41) is 17.6. The molecular weight excluding hydrogens is 264 g/mol. The predicted molar refractivity (Wildman–Crippen MR) is 80.9 cm³/mol. The summed E-state index contributed by atoms with van der Waals surface area (Å²) in [7, 11) is 0. The quantitative estimate of drug-likeness (QED) is 0.860. The van der Waals surface area contributed by atoms with Crippen molar-refractivity contribution in [2.75, 3.05) is 5.01 Å². The summed E-state index contributed by atoms with van der Waals surface area (Å²) in [6.45, 7) is 10.5. The van der Waals surface area contributed by atoms with E-state index in [1.807, 2.05) is 26.8 Å². The molecule has 2 fully saturated rings. The Balaban J connectivity index is 1.76. The summed E-state index contributed by atoms with van der Waals surface area (Å²) < 4.78 is 0. The van der Waals surface area contributed by atoms with E-state index >= 15 is 0 Å². The molecule has 1 aliphatic heterocycles. The molecule has 1 aromatic heterocycles. The summed E-state index contributed by atoms with van der Waals surface area (Å²) in [6, 6.07) is 1.94. The summed E-state index contributed by atoms with van der Waals surface area (Å²) in [4.78, 5) is 8.96. The largest absolute Gasteiger partial charge is 0.368 e. The molecule has 0 unspecified atom stereocenters. The topological polar surface area (TPSA) is 61.6 Å². The van der Waals surface area contributed by atoms with Gasteiger partial charge in [-0.05, 0) is 44.1 Å². The molecular formula is C16H22N4O. The van der Waals surface area contributed by atoms with Crippen LogP contribution >= 0.6 is 0 Å². The molecule has 5 nitrogen and oxygen atoms in total. The lowest BCUT2D eigenvalue weighted by atomic mass is 9.84. The fourth-order valence-electron chi connectivity index (χ4n) is 4.72. The highest BCUT2D eigenvalue weighted by molar-refractivity contribution is 5.90. The first-order chi connectivity index (χ1) is 9.75. The molecule has 2 saturated carbocycles. The maximum Gasteiger partial charge on any atom is 0.249 e. The Labute approximate surface area is 125 Å². The Hall–Kier alpha value is -1.49. The molecule has 1 aromatic rings. The molecule has 0 saturated heterocycles. The zero-order valence-corrected chi connectivity index (χ0v) is 13.3. The fraction of sp³-hybridized carbons (Fsp3) is 0.688. The van der Waals surface area contributed by atoms with Gasteiger partial charge >= 0.3 is 0 Å². The number of anilines is 1. The Bertz CT molecular complexity index is 648. The third-order valence-corrected chi connectivity index (χ3v) is 5.75. The highest BCUT2D eigenvalue weighted by Gasteiger charge is 2.75. The van der Waals surface area contributed by atoms with Crippen LogP contribution in [0, 0.1) is 37.0 Å². The summed E-state index contributed by atoms with van der Waals surface area (Å²) in [5.74, 6) is 1.74. The van der Waals surface area contributed by atoms with Crippen molar-refractivity contribution in [2.24, 2.45) is 28.3 Å². The lowest BCUT2D eigenvalue weighted by Crippen LogP contribution is -2.49. The van der Waals surface area contributed by atoms with Gasteiger partial charge in [-0.25, -0.2) is 9.97 Å². The van der Waals surface area contributed by atoms with Crippen molar-refractivity contribution < 1.29 is 5.11 Å². The summed E-state index contributed by atoms with van der Waals surface area (Å²) in [6.07, 6.45) is 0.756. The van der Waals surface area contributed by atoms with Gasteiger partial charge in [0.05, 0.1) is 5.92 Å². The van der Waals surface area contributed by atoms with Crippen LogP contribution in [0.5, 0.6) is 0 Å². The normalized spacial score (nSPS) is 39.0. The maximum atomic E-state index is 11.3. The SMILES string of the molecule is CC1=NN(c2nc(C)cc(C)n2)[C@@]2(O)C[C@@H]3[C@@H]([C@H]12)C3(C)C. The van der Waals surface area contributed by atoms with Gasteiger partial charge in [-0.2, -0.15) is 10.1 Å². The van der Waals surface area contributed by atoms with Gasteiger partial charge in [0, 0.05) is 23.5 Å². The number of hydrazone groups is 1. The third-order valence-electron chi connectivity index (χ3n) is 5.75. The lowest BCUT2D eigenvalue weighted by molar-refractivity contribution is 0.00554. The number of fused-ring (bicyclic) bond motifs is 3. The van der Waals surface area contributed by atoms with Crippen molar-refractivity contribution in [2.45, 2.75) is 46.8 Å². The monoisotopic (exact) mass is 286 g/mol. The molecule has 0 spiro atoms. The molecule has 4 rings (SSSR count). The first-order valence-corrected chi connectivity index (χ1v) is 7.65. The van der Waals surface area contributed by atoms with E-state index in [9.17, 15) is 5.11 Å². The summed E-state index contributed by atoms with van der Waals surface area (Å²) >= 11 is 0. The van der Waals surface area contributed by atoms with E-state index < -0.39 is 5.72 Å². The predicted octanol–water partition coefficient (Wildman–Crippen LogP) is 2.27. The molecule has 21 heavy (non-hydrogen) atoms. The average Bonchev–Trinajstić information content (AvgIpc) is 2.69. The van der Waals surface area contributed by atoms with Gasteiger partial charge in [-0.15, -0.1) is 0 Å². The Morgan fingerprint density at radius 1 is 1.19 bits per heavy atom. The zero-order chi connectivity index (χ0) is 15.2. The molecule has 3 aliphatic rings. The van der Waals surface area contributed by atoms with Crippen LogP contribution in [-0.4, -0.2) is 26.5 Å². The first kappa shape index (κ1) is 13.2. The number of hydrogen-bond acceptors (Lipinski definition) is 5. The molecule has 0 bridgehead atoms. The van der Waals surface area contributed by atoms with Crippen molar-refractivity contribution in [1.82, 2.24) is 9.97 Å². The van der Waals surface area contributed by atoms with Crippen molar-refractivity contribution in [3.05, 3.63) is 17.5 Å². The van der Waals surface area contributed by atoms with Gasteiger partial charge in [0.25, 0.3) is 0 Å². The van der Waals surface area contributed by atoms with Gasteiger partial charge in [0.2, 0.25) is 5.95 Å². The van der Waals surface area contributed by atoms with Crippen LogP contribution in [0.4, 0.5) is 5.95 Å². The second-order valence-corrected chi connectivity index (χ2v) is 7.52. The maximum absolute atomic E-state index is 11.3. The van der Waals surface area contributed by atoms with E-state index in [1.54, 1.807) is 5.01 Å². The Kier molecular flexibility index (Phi) is 2.28. The molecule has 112 valence electrons. The van der Waals surface area contributed by atoms with E-state index in [-0.39, 0.29) is 5.92 Å². The number of aliphatic hydroxyl groups is 1. The standard InChI is InChI=1S/C16H22N4O/c1-8-6-9(2)18-14(17-8)20-16(21)7-11-13(15(11,4)5)12(16)10(3)19-20/h6,11-13,21H,7H2,1-5H3/t11-,12+,13+,16-/m1/s1. The third kappa shape index (κ3) is 1.53. The second kappa shape index (κ2) is 3.64. The molecule has 2 heterocycles. The van der Waals surface area contributed by atoms with Gasteiger partial charge in [-0.1, -0.05) is 13.8 Å². The van der Waals surface area contributed by atoms with Gasteiger partial charge in [0.1, 0.15) is 0 Å². The van der Waals surface area contributed by atoms with Gasteiger partial charge in [0.15, 0.2) is 5.72 Å². The highest BCUT2D eigenvalue weighted by Crippen LogP contribution is 2.73. The minimum absolute atomic E-state index is 0.113.